The number of rotatable bonds is 8. The summed E-state index contributed by atoms with van der Waals surface area (Å²) >= 11 is 1.55. The van der Waals surface area contributed by atoms with E-state index >= 15 is 0 Å². The quantitative estimate of drug-likeness (QED) is 0.171. The molecule has 256 valence electrons. The first-order valence-corrected chi connectivity index (χ1v) is 19.9. The summed E-state index contributed by atoms with van der Waals surface area (Å²) in [6.45, 7) is 10.2. The molecule has 1 aliphatic carbocycles. The lowest BCUT2D eigenvalue weighted by Crippen LogP contribution is -2.29. The third-order valence-corrected chi connectivity index (χ3v) is 13.4. The van der Waals surface area contributed by atoms with Gasteiger partial charge in [0.05, 0.1) is 50.5 Å². The summed E-state index contributed by atoms with van der Waals surface area (Å²) in [4.78, 5) is 15.7. The van der Waals surface area contributed by atoms with Crippen LogP contribution in [0, 0.1) is 18.8 Å². The van der Waals surface area contributed by atoms with Crippen LogP contribution in [-0.2, 0) is 27.4 Å². The van der Waals surface area contributed by atoms with Crippen LogP contribution < -0.4 is 5.32 Å². The molecule has 5 aromatic heterocycles. The number of sulfone groups is 1. The van der Waals surface area contributed by atoms with Crippen molar-refractivity contribution in [1.29, 1.82) is 0 Å². The number of anilines is 1. The molecule has 49 heavy (non-hydrogen) atoms. The average molecular weight is 699 g/mol. The molecule has 0 radical (unpaired) electrons. The van der Waals surface area contributed by atoms with E-state index in [1.807, 2.05) is 24.5 Å². The second-order valence-corrected chi connectivity index (χ2v) is 17.4. The number of fused-ring (bicyclic) bond motifs is 3. The zero-order valence-electron chi connectivity index (χ0n) is 28.6. The van der Waals surface area contributed by atoms with Crippen LogP contribution in [0.4, 0.5) is 5.82 Å². The SMILES string of the molecule is Cc1nnc(-c2c(CCC3CC(C)OC(C)C3)nc3c(c2-c2cc4ccnc(N[C@@H]5CCc6ncccc65)c4s2)S(=O)(=O)C[C@@H]3C(C)C)o1. The minimum Gasteiger partial charge on any atom is -0.421 e. The van der Waals surface area contributed by atoms with Gasteiger partial charge in [0.15, 0.2) is 9.84 Å². The first kappa shape index (κ1) is 32.5. The highest BCUT2D eigenvalue weighted by Gasteiger charge is 2.43. The zero-order chi connectivity index (χ0) is 34.0. The van der Waals surface area contributed by atoms with Crippen molar-refractivity contribution in [3.8, 4) is 21.9 Å². The molecular formula is C37H42N6O4S2. The van der Waals surface area contributed by atoms with E-state index in [9.17, 15) is 8.42 Å². The van der Waals surface area contributed by atoms with Crippen LogP contribution in [0.2, 0.25) is 0 Å². The highest BCUT2D eigenvalue weighted by atomic mass is 32.2. The third-order valence-electron chi connectivity index (χ3n) is 10.4. The molecule has 7 heterocycles. The van der Waals surface area contributed by atoms with Gasteiger partial charge in [0, 0.05) is 41.4 Å². The Morgan fingerprint density at radius 3 is 2.63 bits per heavy atom. The number of ether oxygens (including phenoxy) is 1. The molecule has 4 atom stereocenters. The van der Waals surface area contributed by atoms with Gasteiger partial charge in [0.1, 0.15) is 5.82 Å². The Morgan fingerprint density at radius 2 is 1.88 bits per heavy atom. The highest BCUT2D eigenvalue weighted by molar-refractivity contribution is 7.92. The zero-order valence-corrected chi connectivity index (χ0v) is 30.2. The fourth-order valence-electron chi connectivity index (χ4n) is 8.19. The van der Waals surface area contributed by atoms with Crippen molar-refractivity contribution in [1.82, 2.24) is 25.1 Å². The van der Waals surface area contributed by atoms with Crippen LogP contribution in [0.15, 0.2) is 46.0 Å². The van der Waals surface area contributed by atoms with Gasteiger partial charge < -0.3 is 14.5 Å². The van der Waals surface area contributed by atoms with Crippen molar-refractivity contribution in [3.63, 3.8) is 0 Å². The summed E-state index contributed by atoms with van der Waals surface area (Å²) in [7, 11) is -3.67. The molecule has 0 bridgehead atoms. The molecule has 3 aliphatic rings. The van der Waals surface area contributed by atoms with E-state index in [2.05, 4.69) is 60.3 Å². The highest BCUT2D eigenvalue weighted by Crippen LogP contribution is 2.51. The molecule has 2 unspecified atom stereocenters. The van der Waals surface area contributed by atoms with Gasteiger partial charge in [-0.25, -0.2) is 13.4 Å². The average Bonchev–Trinajstić information content (AvgIpc) is 3.84. The summed E-state index contributed by atoms with van der Waals surface area (Å²) < 4.78 is 41.6. The predicted molar refractivity (Wildman–Crippen MR) is 190 cm³/mol. The molecule has 10 nitrogen and oxygen atoms in total. The minimum atomic E-state index is -3.67. The number of nitrogens with zero attached hydrogens (tertiary/aromatic N) is 5. The second kappa shape index (κ2) is 12.5. The Balaban J connectivity index is 1.30. The van der Waals surface area contributed by atoms with E-state index in [0.29, 0.717) is 45.8 Å². The normalized spacial score (nSPS) is 24.4. The van der Waals surface area contributed by atoms with E-state index < -0.39 is 9.84 Å². The summed E-state index contributed by atoms with van der Waals surface area (Å²) in [6.07, 6.45) is 9.46. The smallest absolute Gasteiger partial charge is 0.250 e. The molecule has 0 aromatic carbocycles. The van der Waals surface area contributed by atoms with E-state index in [1.54, 1.807) is 18.3 Å². The maximum atomic E-state index is 14.2. The Hall–Kier alpha value is -3.74. The minimum absolute atomic E-state index is 0.0368. The van der Waals surface area contributed by atoms with Gasteiger partial charge in [0.25, 0.3) is 0 Å². The Kier molecular flexibility index (Phi) is 8.31. The van der Waals surface area contributed by atoms with Crippen LogP contribution in [0.1, 0.15) is 93.9 Å². The molecule has 1 N–H and O–H groups in total. The van der Waals surface area contributed by atoms with Crippen LogP contribution in [0.5, 0.6) is 0 Å². The number of aryl methyl sites for hydroxylation is 3. The van der Waals surface area contributed by atoms with Crippen molar-refractivity contribution >= 4 is 37.1 Å². The lowest BCUT2D eigenvalue weighted by Gasteiger charge is -2.32. The van der Waals surface area contributed by atoms with Crippen molar-refractivity contribution < 1.29 is 17.6 Å². The van der Waals surface area contributed by atoms with Crippen molar-refractivity contribution in [2.75, 3.05) is 11.1 Å². The monoisotopic (exact) mass is 698 g/mol. The first-order valence-electron chi connectivity index (χ1n) is 17.4. The molecule has 12 heteroatoms. The summed E-state index contributed by atoms with van der Waals surface area (Å²) in [5, 5.41) is 13.3. The van der Waals surface area contributed by atoms with E-state index in [0.717, 1.165) is 64.3 Å². The molecule has 2 aliphatic heterocycles. The maximum Gasteiger partial charge on any atom is 0.250 e. The standard InChI is InChI=1S/C37H42N6O4S2/c1-19(2)26-18-49(44,45)35-32(30-17-24-12-14-39-36(34(24)48-30)41-28-11-10-27-25(28)7-6-13-38-27)31(37-43-42-22(5)47-37)29(40-33(26)35)9-8-23-15-20(3)46-21(4)16-23/h6-7,12-14,17,19-21,23,26,28H,8-11,15-16,18H2,1-5H3,(H,39,41)/t20?,21?,23?,26-,28-/m1/s1. The van der Waals surface area contributed by atoms with Gasteiger partial charge in [-0.1, -0.05) is 19.9 Å². The van der Waals surface area contributed by atoms with Crippen LogP contribution in [0.25, 0.3) is 32.0 Å². The van der Waals surface area contributed by atoms with Gasteiger partial charge in [-0.15, -0.1) is 21.5 Å². The number of pyridine rings is 3. The molecule has 0 spiro atoms. The van der Waals surface area contributed by atoms with E-state index in [1.165, 1.54) is 5.56 Å². The fraction of sp³-hybridized carbons (Fsp3) is 0.486. The summed E-state index contributed by atoms with van der Waals surface area (Å²) in [5.41, 5.74) is 5.05. The lowest BCUT2D eigenvalue weighted by molar-refractivity contribution is -0.0533. The van der Waals surface area contributed by atoms with Crippen LogP contribution >= 0.6 is 11.3 Å². The van der Waals surface area contributed by atoms with E-state index in [-0.39, 0.29) is 35.8 Å². The maximum absolute atomic E-state index is 14.2. The van der Waals surface area contributed by atoms with Gasteiger partial charge in [-0.05, 0) is 93.4 Å². The fourth-order valence-corrected chi connectivity index (χ4v) is 11.6. The number of hydrogen-bond donors (Lipinski definition) is 1. The largest absolute Gasteiger partial charge is 0.421 e. The molecule has 1 saturated heterocycles. The van der Waals surface area contributed by atoms with Gasteiger partial charge >= 0.3 is 0 Å². The Morgan fingerprint density at radius 1 is 1.06 bits per heavy atom. The van der Waals surface area contributed by atoms with Gasteiger partial charge in [-0.2, -0.15) is 0 Å². The lowest BCUT2D eigenvalue weighted by atomic mass is 9.86. The summed E-state index contributed by atoms with van der Waals surface area (Å²) in [6, 6.07) is 8.28. The topological polar surface area (TPSA) is 133 Å². The van der Waals surface area contributed by atoms with Gasteiger partial charge in [-0.3, -0.25) is 9.97 Å². The summed E-state index contributed by atoms with van der Waals surface area (Å²) in [5.74, 6) is 1.91. The predicted octanol–water partition coefficient (Wildman–Crippen LogP) is 7.87. The number of nitrogens with one attached hydrogen (secondary N) is 1. The molecule has 0 saturated carbocycles. The van der Waals surface area contributed by atoms with Crippen molar-refractivity contribution in [2.24, 2.45) is 11.8 Å². The Labute approximate surface area is 291 Å². The Bertz CT molecular complexity index is 2150. The number of aromatic nitrogens is 5. The van der Waals surface area contributed by atoms with E-state index in [4.69, 9.17) is 19.1 Å². The van der Waals surface area contributed by atoms with Gasteiger partial charge in [0.2, 0.25) is 11.8 Å². The molecular weight excluding hydrogens is 657 g/mol. The first-order chi connectivity index (χ1) is 23.6. The third kappa shape index (κ3) is 5.95. The van der Waals surface area contributed by atoms with Crippen molar-refractivity contribution in [3.05, 3.63) is 65.2 Å². The molecule has 5 aromatic rings. The number of thiophene rings is 1. The molecule has 8 rings (SSSR count). The van der Waals surface area contributed by atoms with Crippen LogP contribution in [0.3, 0.4) is 0 Å². The van der Waals surface area contributed by atoms with Crippen molar-refractivity contribution in [2.45, 2.75) is 102 Å². The molecule has 1 fully saturated rings. The number of hydrogen-bond acceptors (Lipinski definition) is 11. The second-order valence-electron chi connectivity index (χ2n) is 14.4. The molecule has 0 amide bonds. The van der Waals surface area contributed by atoms with Crippen LogP contribution in [-0.4, -0.2) is 51.5 Å².